The van der Waals surface area contributed by atoms with Crippen molar-refractivity contribution in [3.8, 4) is 5.75 Å². The number of carbonyl (C=O) groups is 1. The summed E-state index contributed by atoms with van der Waals surface area (Å²) < 4.78 is 6.72. The second-order valence-electron chi connectivity index (χ2n) is 5.64. The van der Waals surface area contributed by atoms with Gasteiger partial charge in [-0.2, -0.15) is 0 Å². The summed E-state index contributed by atoms with van der Waals surface area (Å²) in [7, 11) is 0. The van der Waals surface area contributed by atoms with Crippen molar-refractivity contribution in [3.63, 3.8) is 0 Å². The molecule has 0 radical (unpaired) electrons. The van der Waals surface area contributed by atoms with Crippen molar-refractivity contribution < 1.29 is 9.53 Å². The smallest absolute Gasteiger partial charge is 0.324 e. The molecular weight excluding hydrogens is 288 g/mol. The quantitative estimate of drug-likeness (QED) is 0.828. The van der Waals surface area contributed by atoms with Gasteiger partial charge >= 0.3 is 6.03 Å². The maximum absolute atomic E-state index is 12.2. The molecule has 3 aliphatic heterocycles. The summed E-state index contributed by atoms with van der Waals surface area (Å²) in [6, 6.07) is 4.38. The zero-order valence-electron chi connectivity index (χ0n) is 11.3. The van der Waals surface area contributed by atoms with E-state index in [-0.39, 0.29) is 18.1 Å². The zero-order valence-corrected chi connectivity index (χ0v) is 12.1. The number of rotatable bonds is 1. The topological polar surface area (TPSA) is 66.5 Å². The van der Waals surface area contributed by atoms with E-state index in [1.165, 1.54) is 5.56 Å². The van der Waals surface area contributed by atoms with Crippen LogP contribution in [0.2, 0.25) is 0 Å². The second kappa shape index (κ2) is 4.08. The van der Waals surface area contributed by atoms with Crippen LogP contribution in [0.1, 0.15) is 5.56 Å². The van der Waals surface area contributed by atoms with Crippen LogP contribution in [0.25, 0.3) is 10.2 Å². The average Bonchev–Trinajstić information content (AvgIpc) is 3.18. The number of carbonyl (C=O) groups excluding carboxylic acids is 1. The molecule has 5 rings (SSSR count). The zero-order chi connectivity index (χ0) is 14.0. The third-order valence-corrected chi connectivity index (χ3v) is 5.49. The molecule has 1 aromatic carbocycles. The largest absolute Gasteiger partial charge is 0.493 e. The van der Waals surface area contributed by atoms with Gasteiger partial charge in [0.05, 0.1) is 28.9 Å². The molecule has 0 bridgehead atoms. The van der Waals surface area contributed by atoms with Gasteiger partial charge in [-0.1, -0.05) is 11.3 Å². The third kappa shape index (κ3) is 1.55. The number of urea groups is 1. The first kappa shape index (κ1) is 11.8. The van der Waals surface area contributed by atoms with Gasteiger partial charge in [-0.15, -0.1) is 0 Å². The lowest BCUT2D eigenvalue weighted by molar-refractivity contribution is 0.250. The predicted molar refractivity (Wildman–Crippen MR) is 80.3 cm³/mol. The van der Waals surface area contributed by atoms with Gasteiger partial charge in [0, 0.05) is 25.1 Å². The molecule has 4 heterocycles. The van der Waals surface area contributed by atoms with Gasteiger partial charge in [-0.05, 0) is 12.1 Å². The van der Waals surface area contributed by atoms with Crippen molar-refractivity contribution >= 4 is 32.7 Å². The van der Waals surface area contributed by atoms with E-state index >= 15 is 0 Å². The second-order valence-corrected chi connectivity index (χ2v) is 6.64. The molecule has 1 aromatic heterocycles. The van der Waals surface area contributed by atoms with Crippen LogP contribution >= 0.6 is 11.3 Å². The number of benzene rings is 1. The summed E-state index contributed by atoms with van der Waals surface area (Å²) in [6.45, 7) is 2.38. The van der Waals surface area contributed by atoms with Gasteiger partial charge in [-0.25, -0.2) is 9.78 Å². The van der Waals surface area contributed by atoms with Gasteiger partial charge in [0.1, 0.15) is 5.75 Å². The normalized spacial score (nSPS) is 26.9. The van der Waals surface area contributed by atoms with Gasteiger partial charge in [0.2, 0.25) is 0 Å². The lowest BCUT2D eigenvalue weighted by Gasteiger charge is -2.17. The number of aromatic nitrogens is 1. The van der Waals surface area contributed by atoms with Gasteiger partial charge in [0.15, 0.2) is 5.13 Å². The Balaban J connectivity index is 1.63. The minimum atomic E-state index is -0.0292. The van der Waals surface area contributed by atoms with Crippen molar-refractivity contribution in [3.05, 3.63) is 17.7 Å². The number of amides is 2. The number of anilines is 1. The van der Waals surface area contributed by atoms with Crippen molar-refractivity contribution in [1.82, 2.24) is 15.6 Å². The van der Waals surface area contributed by atoms with Gasteiger partial charge < -0.3 is 15.4 Å². The first-order valence-corrected chi connectivity index (χ1v) is 7.98. The highest BCUT2D eigenvalue weighted by Gasteiger charge is 2.44. The highest BCUT2D eigenvalue weighted by atomic mass is 32.1. The van der Waals surface area contributed by atoms with Gasteiger partial charge in [-0.3, -0.25) is 4.90 Å². The molecule has 2 N–H and O–H groups in total. The molecule has 21 heavy (non-hydrogen) atoms. The fraction of sp³-hybridized carbons (Fsp3) is 0.429. The number of fused-ring (bicyclic) bond motifs is 4. The molecule has 2 fully saturated rings. The monoisotopic (exact) mass is 302 g/mol. The summed E-state index contributed by atoms with van der Waals surface area (Å²) in [4.78, 5) is 18.8. The molecule has 6 nitrogen and oxygen atoms in total. The molecule has 2 aromatic rings. The van der Waals surface area contributed by atoms with E-state index in [9.17, 15) is 4.79 Å². The minimum Gasteiger partial charge on any atom is -0.493 e. The number of thiazole rings is 1. The number of nitrogens with zero attached hydrogens (tertiary/aromatic N) is 2. The van der Waals surface area contributed by atoms with E-state index in [0.29, 0.717) is 0 Å². The Bertz CT molecular complexity index is 759. The molecule has 2 saturated heterocycles. The molecule has 108 valence electrons. The van der Waals surface area contributed by atoms with Crippen molar-refractivity contribution in [2.75, 3.05) is 24.6 Å². The number of hydrogen-bond donors (Lipinski definition) is 2. The van der Waals surface area contributed by atoms with Crippen LogP contribution in [-0.4, -0.2) is 42.8 Å². The fourth-order valence-electron chi connectivity index (χ4n) is 3.45. The summed E-state index contributed by atoms with van der Waals surface area (Å²) in [6.07, 6.45) is 0.898. The lowest BCUT2D eigenvalue weighted by atomic mass is 10.1. The Morgan fingerprint density at radius 2 is 2.33 bits per heavy atom. The van der Waals surface area contributed by atoms with E-state index in [0.717, 1.165) is 47.2 Å². The molecular formula is C14H14N4O2S. The van der Waals surface area contributed by atoms with Crippen LogP contribution < -0.4 is 20.3 Å². The average molecular weight is 302 g/mol. The van der Waals surface area contributed by atoms with E-state index in [4.69, 9.17) is 9.72 Å². The molecule has 0 aliphatic carbocycles. The maximum Gasteiger partial charge on any atom is 0.324 e. The van der Waals surface area contributed by atoms with Crippen molar-refractivity contribution in [2.45, 2.75) is 18.5 Å². The summed E-state index contributed by atoms with van der Waals surface area (Å²) in [5.74, 6) is 0.936. The molecule has 0 spiro atoms. The highest BCUT2D eigenvalue weighted by molar-refractivity contribution is 7.22. The van der Waals surface area contributed by atoms with E-state index < -0.39 is 0 Å². The molecule has 3 aliphatic rings. The number of ether oxygens (including phenoxy) is 1. The summed E-state index contributed by atoms with van der Waals surface area (Å²) >= 11 is 1.58. The van der Waals surface area contributed by atoms with E-state index in [1.54, 1.807) is 11.3 Å². The Kier molecular flexibility index (Phi) is 2.29. The maximum atomic E-state index is 12.2. The van der Waals surface area contributed by atoms with Crippen LogP contribution in [0.3, 0.4) is 0 Å². The lowest BCUT2D eigenvalue weighted by Crippen LogP contribution is -2.37. The summed E-state index contributed by atoms with van der Waals surface area (Å²) in [5.41, 5.74) is 2.17. The Morgan fingerprint density at radius 1 is 1.38 bits per heavy atom. The first-order chi connectivity index (χ1) is 10.3. The molecule has 2 unspecified atom stereocenters. The SMILES string of the molecule is O=C1NC2CNCC2N1c1nc2c3c(ccc2s1)OCC3. The number of hydrogen-bond acceptors (Lipinski definition) is 5. The number of nitrogens with one attached hydrogen (secondary N) is 2. The minimum absolute atomic E-state index is 0.0292. The van der Waals surface area contributed by atoms with E-state index in [2.05, 4.69) is 10.6 Å². The first-order valence-electron chi connectivity index (χ1n) is 7.17. The Hall–Kier alpha value is -1.86. The van der Waals surface area contributed by atoms with Crippen LogP contribution in [0.5, 0.6) is 5.75 Å². The van der Waals surface area contributed by atoms with Crippen molar-refractivity contribution in [1.29, 1.82) is 0 Å². The van der Waals surface area contributed by atoms with Crippen LogP contribution in [0.4, 0.5) is 9.93 Å². The van der Waals surface area contributed by atoms with Crippen molar-refractivity contribution in [2.24, 2.45) is 0 Å². The fourth-order valence-corrected chi connectivity index (χ4v) is 4.50. The molecule has 7 heteroatoms. The predicted octanol–water partition coefficient (Wildman–Crippen LogP) is 1.10. The Morgan fingerprint density at radius 3 is 3.29 bits per heavy atom. The Labute approximate surface area is 125 Å². The van der Waals surface area contributed by atoms with Crippen LogP contribution in [-0.2, 0) is 6.42 Å². The van der Waals surface area contributed by atoms with Gasteiger partial charge in [0.25, 0.3) is 0 Å². The summed E-state index contributed by atoms with van der Waals surface area (Å²) in [5, 5.41) is 7.14. The highest BCUT2D eigenvalue weighted by Crippen LogP contribution is 2.39. The molecule has 2 amide bonds. The molecule has 0 saturated carbocycles. The van der Waals surface area contributed by atoms with Crippen LogP contribution in [0.15, 0.2) is 12.1 Å². The van der Waals surface area contributed by atoms with Crippen LogP contribution in [0, 0.1) is 0 Å². The van der Waals surface area contributed by atoms with E-state index in [1.807, 2.05) is 17.0 Å². The standard InChI is InChI=1S/C14H14N4O2S/c19-13-16-8-5-15-6-9(8)18(13)14-17-12-7-3-4-20-10(7)1-2-11(12)21-14/h1-2,8-9,15H,3-6H2,(H,16,19). The third-order valence-electron chi connectivity index (χ3n) is 4.47. The molecule has 2 atom stereocenters.